The van der Waals surface area contributed by atoms with Gasteiger partial charge in [-0.2, -0.15) is 0 Å². The number of rotatable bonds is 3. The number of nitrogens with one attached hydrogen (secondary N) is 1. The molecule has 0 fully saturated rings. The second-order valence-electron chi connectivity index (χ2n) is 7.18. The average Bonchev–Trinajstić information content (AvgIpc) is 3.07. The van der Waals surface area contributed by atoms with E-state index in [2.05, 4.69) is 35.3 Å². The summed E-state index contributed by atoms with van der Waals surface area (Å²) >= 11 is 0. The van der Waals surface area contributed by atoms with E-state index in [4.69, 9.17) is 4.52 Å². The summed E-state index contributed by atoms with van der Waals surface area (Å²) in [5, 5.41) is 9.28. The van der Waals surface area contributed by atoms with E-state index >= 15 is 0 Å². The van der Waals surface area contributed by atoms with Gasteiger partial charge in [-0.3, -0.25) is 9.69 Å². The molecule has 2 aromatic carbocycles. The van der Waals surface area contributed by atoms with Crippen molar-refractivity contribution in [2.75, 3.05) is 11.9 Å². The topological polar surface area (TPSA) is 58.4 Å². The van der Waals surface area contributed by atoms with E-state index in [1.807, 2.05) is 37.3 Å². The molecule has 0 bridgehead atoms. The minimum Gasteiger partial charge on any atom is -0.360 e. The first-order chi connectivity index (χ1) is 12.5. The molecule has 1 aromatic heterocycles. The fraction of sp³-hybridized carbons (Fsp3) is 0.333. The molecule has 5 nitrogen and oxygen atoms in total. The molecule has 1 amide bonds. The Kier molecular flexibility index (Phi) is 4.24. The molecule has 0 atom stereocenters. The first-order valence-electron chi connectivity index (χ1n) is 9.05. The van der Waals surface area contributed by atoms with Gasteiger partial charge in [0, 0.05) is 36.5 Å². The van der Waals surface area contributed by atoms with Crippen LogP contribution in [0.5, 0.6) is 0 Å². The highest BCUT2D eigenvalue weighted by Gasteiger charge is 2.28. The predicted octanol–water partition coefficient (Wildman–Crippen LogP) is 4.16. The van der Waals surface area contributed by atoms with Gasteiger partial charge in [-0.15, -0.1) is 0 Å². The van der Waals surface area contributed by atoms with Crippen LogP contribution in [-0.4, -0.2) is 28.6 Å². The second kappa shape index (κ2) is 6.57. The summed E-state index contributed by atoms with van der Waals surface area (Å²) in [5.74, 6) is 0.627. The quantitative estimate of drug-likeness (QED) is 0.771. The Hall–Kier alpha value is -2.66. The van der Waals surface area contributed by atoms with Crippen LogP contribution in [0.2, 0.25) is 0 Å². The zero-order valence-corrected chi connectivity index (χ0v) is 15.4. The third-order valence-corrected chi connectivity index (χ3v) is 5.18. The molecule has 1 aliphatic heterocycles. The number of aryl methyl sites for hydroxylation is 1. The van der Waals surface area contributed by atoms with Crippen molar-refractivity contribution in [2.24, 2.45) is 0 Å². The van der Waals surface area contributed by atoms with Gasteiger partial charge in [-0.1, -0.05) is 41.6 Å². The Morgan fingerprint density at radius 1 is 1.23 bits per heavy atom. The molecular weight excluding hydrogens is 326 g/mol. The standard InChI is InChI=1S/C21H23N3O2/c1-13(2)24-11-10-18-17(12-24)20(23-26-18)21(25)22-19-14(3)8-9-15-6-4-5-7-16(15)19/h4-9,13H,10-12H2,1-3H3,(H,22,25). The van der Waals surface area contributed by atoms with E-state index in [0.717, 1.165) is 46.3 Å². The third kappa shape index (κ3) is 2.88. The number of carbonyl (C=O) groups excluding carboxylic acids is 1. The van der Waals surface area contributed by atoms with Crippen LogP contribution in [0.1, 0.15) is 41.2 Å². The molecule has 26 heavy (non-hydrogen) atoms. The van der Waals surface area contributed by atoms with Crippen LogP contribution < -0.4 is 5.32 Å². The number of amides is 1. The number of anilines is 1. The van der Waals surface area contributed by atoms with Gasteiger partial charge in [0.05, 0.1) is 5.69 Å². The maximum absolute atomic E-state index is 13.0. The van der Waals surface area contributed by atoms with Gasteiger partial charge < -0.3 is 9.84 Å². The van der Waals surface area contributed by atoms with Crippen molar-refractivity contribution in [1.29, 1.82) is 0 Å². The van der Waals surface area contributed by atoms with Gasteiger partial charge in [0.1, 0.15) is 5.76 Å². The van der Waals surface area contributed by atoms with E-state index in [1.165, 1.54) is 0 Å². The van der Waals surface area contributed by atoms with E-state index in [9.17, 15) is 4.79 Å². The Bertz CT molecular complexity index is 975. The summed E-state index contributed by atoms with van der Waals surface area (Å²) in [6.07, 6.45) is 0.793. The van der Waals surface area contributed by atoms with E-state index in [1.54, 1.807) is 0 Å². The molecule has 0 saturated heterocycles. The molecule has 0 radical (unpaired) electrons. The van der Waals surface area contributed by atoms with Crippen molar-refractivity contribution in [3.05, 3.63) is 59.0 Å². The van der Waals surface area contributed by atoms with Crippen molar-refractivity contribution in [3.63, 3.8) is 0 Å². The Morgan fingerprint density at radius 2 is 2.04 bits per heavy atom. The lowest BCUT2D eigenvalue weighted by Gasteiger charge is -2.29. The number of hydrogen-bond donors (Lipinski definition) is 1. The fourth-order valence-electron chi connectivity index (χ4n) is 3.57. The van der Waals surface area contributed by atoms with Crippen molar-refractivity contribution in [1.82, 2.24) is 10.1 Å². The lowest BCUT2D eigenvalue weighted by molar-refractivity contribution is 0.101. The number of benzene rings is 2. The van der Waals surface area contributed by atoms with Crippen LogP contribution >= 0.6 is 0 Å². The van der Waals surface area contributed by atoms with Crippen LogP contribution in [0, 0.1) is 6.92 Å². The summed E-state index contributed by atoms with van der Waals surface area (Å²) in [6.45, 7) is 7.97. The third-order valence-electron chi connectivity index (χ3n) is 5.18. The molecule has 0 aliphatic carbocycles. The molecule has 3 aromatic rings. The highest BCUT2D eigenvalue weighted by molar-refractivity contribution is 6.09. The van der Waals surface area contributed by atoms with Gasteiger partial charge in [-0.25, -0.2) is 0 Å². The predicted molar refractivity (Wildman–Crippen MR) is 102 cm³/mol. The summed E-state index contributed by atoms with van der Waals surface area (Å²) in [5.41, 5.74) is 3.18. The summed E-state index contributed by atoms with van der Waals surface area (Å²) in [6, 6.07) is 12.6. The second-order valence-corrected chi connectivity index (χ2v) is 7.18. The minimum atomic E-state index is -0.208. The minimum absolute atomic E-state index is 0.208. The zero-order chi connectivity index (χ0) is 18.3. The summed E-state index contributed by atoms with van der Waals surface area (Å²) < 4.78 is 5.45. The van der Waals surface area contributed by atoms with Gasteiger partial charge in [0.25, 0.3) is 5.91 Å². The molecule has 0 unspecified atom stereocenters. The fourth-order valence-corrected chi connectivity index (χ4v) is 3.57. The van der Waals surface area contributed by atoms with Crippen LogP contribution in [0.4, 0.5) is 5.69 Å². The van der Waals surface area contributed by atoms with Crippen LogP contribution in [0.3, 0.4) is 0 Å². The van der Waals surface area contributed by atoms with Crippen LogP contribution in [0.25, 0.3) is 10.8 Å². The van der Waals surface area contributed by atoms with Gasteiger partial charge in [0.2, 0.25) is 0 Å². The Labute approximate surface area is 153 Å². The first kappa shape index (κ1) is 16.8. The number of hydrogen-bond acceptors (Lipinski definition) is 4. The zero-order valence-electron chi connectivity index (χ0n) is 15.4. The molecule has 2 heterocycles. The monoisotopic (exact) mass is 349 g/mol. The highest BCUT2D eigenvalue weighted by atomic mass is 16.5. The number of carbonyl (C=O) groups is 1. The van der Waals surface area contributed by atoms with Crippen LogP contribution in [0.15, 0.2) is 40.9 Å². The number of nitrogens with zero attached hydrogens (tertiary/aromatic N) is 2. The SMILES string of the molecule is Cc1ccc2ccccc2c1NC(=O)c1noc2c1CN(C(C)C)CC2. The van der Waals surface area contributed by atoms with E-state index < -0.39 is 0 Å². The van der Waals surface area contributed by atoms with Gasteiger partial charge in [-0.05, 0) is 31.7 Å². The van der Waals surface area contributed by atoms with Gasteiger partial charge in [0.15, 0.2) is 5.69 Å². The molecule has 1 N–H and O–H groups in total. The van der Waals surface area contributed by atoms with Crippen molar-refractivity contribution in [3.8, 4) is 0 Å². The van der Waals surface area contributed by atoms with Crippen molar-refractivity contribution >= 4 is 22.4 Å². The maximum atomic E-state index is 13.0. The molecule has 1 aliphatic rings. The molecule has 134 valence electrons. The van der Waals surface area contributed by atoms with Gasteiger partial charge >= 0.3 is 0 Å². The molecule has 0 spiro atoms. The smallest absolute Gasteiger partial charge is 0.278 e. The lowest BCUT2D eigenvalue weighted by Crippen LogP contribution is -2.36. The average molecular weight is 349 g/mol. The molecule has 4 rings (SSSR count). The number of aromatic nitrogens is 1. The first-order valence-corrected chi connectivity index (χ1v) is 9.05. The Morgan fingerprint density at radius 3 is 2.85 bits per heavy atom. The largest absolute Gasteiger partial charge is 0.360 e. The summed E-state index contributed by atoms with van der Waals surface area (Å²) in [4.78, 5) is 15.3. The Balaban J connectivity index is 1.67. The highest BCUT2D eigenvalue weighted by Crippen LogP contribution is 2.29. The normalized spacial score (nSPS) is 14.6. The van der Waals surface area contributed by atoms with Crippen molar-refractivity contribution in [2.45, 2.75) is 39.8 Å². The maximum Gasteiger partial charge on any atom is 0.278 e. The van der Waals surface area contributed by atoms with E-state index in [-0.39, 0.29) is 5.91 Å². The lowest BCUT2D eigenvalue weighted by atomic mass is 10.0. The molecule has 5 heteroatoms. The van der Waals surface area contributed by atoms with Crippen LogP contribution in [-0.2, 0) is 13.0 Å². The molecular formula is C21H23N3O2. The molecule has 0 saturated carbocycles. The van der Waals surface area contributed by atoms with Crippen molar-refractivity contribution < 1.29 is 9.32 Å². The number of fused-ring (bicyclic) bond motifs is 2. The van der Waals surface area contributed by atoms with E-state index in [0.29, 0.717) is 18.3 Å². The summed E-state index contributed by atoms with van der Waals surface area (Å²) in [7, 11) is 0.